The summed E-state index contributed by atoms with van der Waals surface area (Å²) in [5.74, 6) is 0.0970. The number of benzene rings is 1. The number of carboxylic acid groups (broad SMARTS) is 1. The summed E-state index contributed by atoms with van der Waals surface area (Å²) in [6.45, 7) is 2.12. The number of ether oxygens (including phenoxy) is 1. The number of thioether (sulfide) groups is 1. The normalized spacial score (nSPS) is 12.1. The van der Waals surface area contributed by atoms with Crippen LogP contribution in [-0.4, -0.2) is 23.4 Å². The van der Waals surface area contributed by atoms with Gasteiger partial charge in [0.2, 0.25) is 0 Å². The van der Waals surface area contributed by atoms with Crippen LogP contribution in [0.2, 0.25) is 0 Å². The van der Waals surface area contributed by atoms with Gasteiger partial charge in [0.1, 0.15) is 5.75 Å². The Labute approximate surface area is 113 Å². The maximum absolute atomic E-state index is 10.8. The van der Waals surface area contributed by atoms with Gasteiger partial charge >= 0.3 is 5.97 Å². The molecule has 0 unspecified atom stereocenters. The van der Waals surface area contributed by atoms with Crippen molar-refractivity contribution < 1.29 is 14.6 Å². The summed E-state index contributed by atoms with van der Waals surface area (Å²) in [5.41, 5.74) is 0. The van der Waals surface area contributed by atoms with Crippen molar-refractivity contribution in [3.05, 3.63) is 24.3 Å². The van der Waals surface area contributed by atoms with E-state index in [4.69, 9.17) is 9.84 Å². The molecule has 1 aromatic rings. The Hall–Kier alpha value is -1.16. The molecular weight excluding hydrogens is 248 g/mol. The van der Waals surface area contributed by atoms with Gasteiger partial charge in [-0.25, -0.2) is 0 Å². The standard InChI is InChI=1S/C14H20O3S/c1-3-4-5-13(10-14(15)16)18-12-8-6-11(17-2)7-9-12/h6-9,13H,3-5,10H2,1-2H3,(H,15,16)/t13-/m1/s1. The molecule has 100 valence electrons. The second-order valence-electron chi connectivity index (χ2n) is 4.16. The number of unbranched alkanes of at least 4 members (excludes halogenated alkanes) is 1. The smallest absolute Gasteiger partial charge is 0.304 e. The zero-order valence-electron chi connectivity index (χ0n) is 10.9. The Balaban J connectivity index is 2.59. The number of hydrogen-bond acceptors (Lipinski definition) is 3. The van der Waals surface area contributed by atoms with Crippen molar-refractivity contribution in [2.24, 2.45) is 0 Å². The Morgan fingerprint density at radius 2 is 2.06 bits per heavy atom. The van der Waals surface area contributed by atoms with E-state index in [0.29, 0.717) is 0 Å². The second-order valence-corrected chi connectivity index (χ2v) is 5.53. The van der Waals surface area contributed by atoms with Gasteiger partial charge in [0.15, 0.2) is 0 Å². The van der Waals surface area contributed by atoms with Crippen molar-refractivity contribution in [3.63, 3.8) is 0 Å². The van der Waals surface area contributed by atoms with Gasteiger partial charge in [-0.2, -0.15) is 0 Å². The van der Waals surface area contributed by atoms with E-state index in [1.165, 1.54) is 0 Å². The Morgan fingerprint density at radius 1 is 1.39 bits per heavy atom. The minimum Gasteiger partial charge on any atom is -0.497 e. The van der Waals surface area contributed by atoms with Crippen molar-refractivity contribution in [2.75, 3.05) is 7.11 Å². The van der Waals surface area contributed by atoms with Crippen LogP contribution in [0.3, 0.4) is 0 Å². The summed E-state index contributed by atoms with van der Waals surface area (Å²) in [6, 6.07) is 7.76. The van der Waals surface area contributed by atoms with Crippen LogP contribution in [0.25, 0.3) is 0 Å². The van der Waals surface area contributed by atoms with E-state index in [9.17, 15) is 4.79 Å². The lowest BCUT2D eigenvalue weighted by Gasteiger charge is -2.14. The van der Waals surface area contributed by atoms with Gasteiger partial charge in [0, 0.05) is 10.1 Å². The van der Waals surface area contributed by atoms with Crippen molar-refractivity contribution in [2.45, 2.75) is 42.8 Å². The highest BCUT2D eigenvalue weighted by molar-refractivity contribution is 8.00. The Bertz CT molecular complexity index is 362. The number of rotatable bonds is 8. The molecule has 0 amide bonds. The maximum Gasteiger partial charge on any atom is 0.304 e. The number of carbonyl (C=O) groups is 1. The zero-order valence-corrected chi connectivity index (χ0v) is 11.7. The highest BCUT2D eigenvalue weighted by Gasteiger charge is 2.14. The van der Waals surface area contributed by atoms with Crippen LogP contribution < -0.4 is 4.74 Å². The molecule has 1 atom stereocenters. The third kappa shape index (κ3) is 5.45. The van der Waals surface area contributed by atoms with Gasteiger partial charge < -0.3 is 9.84 Å². The predicted molar refractivity (Wildman–Crippen MR) is 74.4 cm³/mol. The summed E-state index contributed by atoms with van der Waals surface area (Å²) in [4.78, 5) is 11.9. The van der Waals surface area contributed by atoms with Crippen LogP contribution in [0.5, 0.6) is 5.75 Å². The fourth-order valence-electron chi connectivity index (χ4n) is 1.68. The van der Waals surface area contributed by atoms with Crippen LogP contribution in [0, 0.1) is 0 Å². The molecule has 3 nitrogen and oxygen atoms in total. The summed E-state index contributed by atoms with van der Waals surface area (Å²) in [6.07, 6.45) is 3.33. The van der Waals surface area contributed by atoms with Crippen LogP contribution in [0.1, 0.15) is 32.6 Å². The second kappa shape index (κ2) is 8.03. The summed E-state index contributed by atoms with van der Waals surface area (Å²) >= 11 is 1.64. The van der Waals surface area contributed by atoms with E-state index in [-0.39, 0.29) is 11.7 Å². The molecule has 0 aliphatic heterocycles. The number of methoxy groups -OCH3 is 1. The lowest BCUT2D eigenvalue weighted by Crippen LogP contribution is -2.09. The van der Waals surface area contributed by atoms with Crippen LogP contribution in [0.15, 0.2) is 29.2 Å². The highest BCUT2D eigenvalue weighted by atomic mass is 32.2. The van der Waals surface area contributed by atoms with E-state index in [1.807, 2.05) is 24.3 Å². The largest absolute Gasteiger partial charge is 0.497 e. The number of aliphatic carboxylic acids is 1. The first kappa shape index (κ1) is 14.9. The van der Waals surface area contributed by atoms with Crippen LogP contribution in [0.4, 0.5) is 0 Å². The molecule has 1 N–H and O–H groups in total. The van der Waals surface area contributed by atoms with E-state index in [2.05, 4.69) is 6.92 Å². The fraction of sp³-hybridized carbons (Fsp3) is 0.500. The number of carboxylic acids is 1. The molecule has 0 fully saturated rings. The minimum absolute atomic E-state index is 0.149. The molecule has 0 heterocycles. The van der Waals surface area contributed by atoms with Crippen molar-refractivity contribution in [3.8, 4) is 5.75 Å². The highest BCUT2D eigenvalue weighted by Crippen LogP contribution is 2.30. The topological polar surface area (TPSA) is 46.5 Å². The van der Waals surface area contributed by atoms with Gasteiger partial charge in [-0.3, -0.25) is 4.79 Å². The Morgan fingerprint density at radius 3 is 2.56 bits per heavy atom. The monoisotopic (exact) mass is 268 g/mol. The average molecular weight is 268 g/mol. The van der Waals surface area contributed by atoms with Crippen molar-refractivity contribution >= 4 is 17.7 Å². The third-order valence-corrected chi connectivity index (χ3v) is 3.92. The third-order valence-electron chi connectivity index (χ3n) is 2.64. The first-order valence-corrected chi connectivity index (χ1v) is 7.06. The molecule has 0 saturated carbocycles. The molecule has 0 saturated heterocycles. The van der Waals surface area contributed by atoms with Gasteiger partial charge in [-0.1, -0.05) is 19.8 Å². The van der Waals surface area contributed by atoms with Gasteiger partial charge in [0.05, 0.1) is 13.5 Å². The van der Waals surface area contributed by atoms with Crippen LogP contribution >= 0.6 is 11.8 Å². The zero-order chi connectivity index (χ0) is 13.4. The molecule has 0 aromatic heterocycles. The molecule has 1 rings (SSSR count). The average Bonchev–Trinajstić information content (AvgIpc) is 2.36. The number of hydrogen-bond donors (Lipinski definition) is 1. The quantitative estimate of drug-likeness (QED) is 0.728. The summed E-state index contributed by atoms with van der Waals surface area (Å²) < 4.78 is 5.10. The maximum atomic E-state index is 10.8. The minimum atomic E-state index is -0.725. The summed E-state index contributed by atoms with van der Waals surface area (Å²) in [5, 5.41) is 9.06. The molecule has 0 aliphatic carbocycles. The first-order chi connectivity index (χ1) is 8.65. The van der Waals surface area contributed by atoms with E-state index < -0.39 is 5.97 Å². The molecular formula is C14H20O3S. The van der Waals surface area contributed by atoms with E-state index in [1.54, 1.807) is 18.9 Å². The first-order valence-electron chi connectivity index (χ1n) is 6.18. The lowest BCUT2D eigenvalue weighted by molar-refractivity contribution is -0.137. The molecule has 18 heavy (non-hydrogen) atoms. The van der Waals surface area contributed by atoms with Crippen molar-refractivity contribution in [1.82, 2.24) is 0 Å². The molecule has 0 bridgehead atoms. The molecule has 0 spiro atoms. The molecule has 0 radical (unpaired) electrons. The van der Waals surface area contributed by atoms with Crippen molar-refractivity contribution in [1.29, 1.82) is 0 Å². The lowest BCUT2D eigenvalue weighted by atomic mass is 10.1. The Kier molecular flexibility index (Phi) is 6.65. The van der Waals surface area contributed by atoms with Gasteiger partial charge in [-0.05, 0) is 30.7 Å². The molecule has 0 aliphatic rings. The summed E-state index contributed by atoms with van der Waals surface area (Å²) in [7, 11) is 1.64. The predicted octanol–water partition coefficient (Wildman–Crippen LogP) is 3.82. The SMILES string of the molecule is CCCC[C@H](CC(=O)O)Sc1ccc(OC)cc1. The van der Waals surface area contributed by atoms with E-state index >= 15 is 0 Å². The molecule has 1 aromatic carbocycles. The fourth-order valence-corrected chi connectivity index (χ4v) is 2.86. The molecule has 4 heteroatoms. The van der Waals surface area contributed by atoms with Gasteiger partial charge in [-0.15, -0.1) is 11.8 Å². The van der Waals surface area contributed by atoms with Gasteiger partial charge in [0.25, 0.3) is 0 Å². The van der Waals surface area contributed by atoms with Crippen LogP contribution in [-0.2, 0) is 4.79 Å². The van der Waals surface area contributed by atoms with E-state index in [0.717, 1.165) is 29.9 Å².